The van der Waals surface area contributed by atoms with Gasteiger partial charge in [0.15, 0.2) is 0 Å². The molecule has 3 aromatic carbocycles. The summed E-state index contributed by atoms with van der Waals surface area (Å²) in [5, 5.41) is 2.39. The van der Waals surface area contributed by atoms with E-state index in [1.165, 1.54) is 16.3 Å². The first-order valence-electron chi connectivity index (χ1n) is 6.83. The normalized spacial score (nSPS) is 16.7. The van der Waals surface area contributed by atoms with Crippen molar-refractivity contribution in [3.05, 3.63) is 83.9 Å². The van der Waals surface area contributed by atoms with Crippen molar-refractivity contribution in [2.24, 2.45) is 0 Å². The molecule has 1 atom stereocenters. The molecule has 0 amide bonds. The summed E-state index contributed by atoms with van der Waals surface area (Å²) in [4.78, 5) is 0. The van der Waals surface area contributed by atoms with Crippen LogP contribution in [0.15, 0.2) is 72.8 Å². The molecule has 20 heavy (non-hydrogen) atoms. The van der Waals surface area contributed by atoms with Crippen molar-refractivity contribution >= 4 is 16.8 Å². The van der Waals surface area contributed by atoms with Gasteiger partial charge in [-0.1, -0.05) is 72.8 Å². The van der Waals surface area contributed by atoms with E-state index in [9.17, 15) is 0 Å². The Bertz CT molecular complexity index is 787. The average molecular weight is 258 g/mol. The number of hydrogen-bond acceptors (Lipinski definition) is 1. The van der Waals surface area contributed by atoms with Crippen LogP contribution in [0, 0.1) is 0 Å². The molecule has 96 valence electrons. The maximum absolute atomic E-state index is 6.24. The Balaban J connectivity index is 1.84. The molecule has 1 aliphatic heterocycles. The fourth-order valence-electron chi connectivity index (χ4n) is 2.70. The van der Waals surface area contributed by atoms with Crippen molar-refractivity contribution in [1.82, 2.24) is 0 Å². The van der Waals surface area contributed by atoms with Gasteiger partial charge < -0.3 is 4.74 Å². The van der Waals surface area contributed by atoms with Crippen LogP contribution in [0.25, 0.3) is 16.8 Å². The molecule has 0 bridgehead atoms. The molecule has 0 spiro atoms. The molecule has 1 heterocycles. The molecule has 0 aliphatic carbocycles. The Morgan fingerprint density at radius 3 is 2.45 bits per heavy atom. The van der Waals surface area contributed by atoms with E-state index in [0.29, 0.717) is 0 Å². The van der Waals surface area contributed by atoms with Crippen LogP contribution in [0.5, 0.6) is 5.75 Å². The number of benzene rings is 3. The molecule has 4 rings (SSSR count). The van der Waals surface area contributed by atoms with Gasteiger partial charge in [0.2, 0.25) is 0 Å². The second-order valence-electron chi connectivity index (χ2n) is 5.01. The Morgan fingerprint density at radius 1 is 0.750 bits per heavy atom. The summed E-state index contributed by atoms with van der Waals surface area (Å²) in [6, 6.07) is 22.9. The lowest BCUT2D eigenvalue weighted by Gasteiger charge is -2.23. The van der Waals surface area contributed by atoms with Crippen LogP contribution in [-0.2, 0) is 0 Å². The minimum absolute atomic E-state index is 0.00509. The SMILES string of the molecule is C1=CC(c2ccccc2)Oc2c1ccc1ccccc21. The summed E-state index contributed by atoms with van der Waals surface area (Å²) in [7, 11) is 0. The van der Waals surface area contributed by atoms with Crippen molar-refractivity contribution in [1.29, 1.82) is 0 Å². The van der Waals surface area contributed by atoms with Crippen molar-refractivity contribution in [3.63, 3.8) is 0 Å². The summed E-state index contributed by atoms with van der Waals surface area (Å²) in [5.74, 6) is 0.986. The zero-order valence-electron chi connectivity index (χ0n) is 11.0. The van der Waals surface area contributed by atoms with E-state index in [2.05, 4.69) is 60.7 Å². The lowest BCUT2D eigenvalue weighted by atomic mass is 10.0. The molecule has 0 N–H and O–H groups in total. The van der Waals surface area contributed by atoms with Gasteiger partial charge in [0, 0.05) is 10.9 Å². The molecule has 0 fully saturated rings. The van der Waals surface area contributed by atoms with Crippen LogP contribution >= 0.6 is 0 Å². The Labute approximate surface area is 118 Å². The van der Waals surface area contributed by atoms with E-state index in [4.69, 9.17) is 4.74 Å². The predicted octanol–water partition coefficient (Wildman–Crippen LogP) is 4.99. The number of ether oxygens (including phenoxy) is 1. The minimum Gasteiger partial charge on any atom is -0.480 e. The molecule has 0 aromatic heterocycles. The maximum Gasteiger partial charge on any atom is 0.142 e. The Morgan fingerprint density at radius 2 is 1.55 bits per heavy atom. The largest absolute Gasteiger partial charge is 0.480 e. The first-order valence-corrected chi connectivity index (χ1v) is 6.83. The molecule has 0 radical (unpaired) electrons. The van der Waals surface area contributed by atoms with Gasteiger partial charge in [0.1, 0.15) is 11.9 Å². The van der Waals surface area contributed by atoms with Gasteiger partial charge in [-0.05, 0) is 17.0 Å². The maximum atomic E-state index is 6.24. The van der Waals surface area contributed by atoms with Gasteiger partial charge in [-0.3, -0.25) is 0 Å². The summed E-state index contributed by atoms with van der Waals surface area (Å²) in [6.07, 6.45) is 4.27. The minimum atomic E-state index is -0.00509. The van der Waals surface area contributed by atoms with Gasteiger partial charge in [-0.2, -0.15) is 0 Å². The highest BCUT2D eigenvalue weighted by molar-refractivity contribution is 5.92. The fraction of sp³-hybridized carbons (Fsp3) is 0.0526. The summed E-state index contributed by atoms with van der Waals surface area (Å²) in [6.45, 7) is 0. The molecule has 0 saturated heterocycles. The summed E-state index contributed by atoms with van der Waals surface area (Å²) >= 11 is 0. The van der Waals surface area contributed by atoms with Crippen LogP contribution in [0.1, 0.15) is 17.2 Å². The summed E-state index contributed by atoms with van der Waals surface area (Å²) < 4.78 is 6.24. The molecule has 1 aliphatic rings. The monoisotopic (exact) mass is 258 g/mol. The molecular formula is C19H14O. The predicted molar refractivity (Wildman–Crippen MR) is 82.8 cm³/mol. The van der Waals surface area contributed by atoms with Crippen LogP contribution in [0.3, 0.4) is 0 Å². The van der Waals surface area contributed by atoms with E-state index in [-0.39, 0.29) is 6.10 Å². The smallest absolute Gasteiger partial charge is 0.142 e. The van der Waals surface area contributed by atoms with E-state index in [1.54, 1.807) is 0 Å². The third-order valence-corrected chi connectivity index (χ3v) is 3.73. The fourth-order valence-corrected chi connectivity index (χ4v) is 2.70. The van der Waals surface area contributed by atoms with Crippen LogP contribution < -0.4 is 4.74 Å². The van der Waals surface area contributed by atoms with Crippen molar-refractivity contribution < 1.29 is 4.74 Å². The highest BCUT2D eigenvalue weighted by Gasteiger charge is 2.18. The lowest BCUT2D eigenvalue weighted by Crippen LogP contribution is -2.09. The second kappa shape index (κ2) is 4.53. The first kappa shape index (κ1) is 11.3. The summed E-state index contributed by atoms with van der Waals surface area (Å²) in [5.41, 5.74) is 2.33. The van der Waals surface area contributed by atoms with E-state index < -0.39 is 0 Å². The van der Waals surface area contributed by atoms with E-state index in [1.807, 2.05) is 18.2 Å². The number of fused-ring (bicyclic) bond motifs is 3. The standard InChI is InChI=1S/C19H14O/c1-2-7-15(8-3-1)18-13-12-16-11-10-14-6-4-5-9-17(14)19(16)20-18/h1-13,18H. The molecule has 1 nitrogen and oxygen atoms in total. The first-order chi connectivity index (χ1) is 9.92. The third kappa shape index (κ3) is 1.79. The quantitative estimate of drug-likeness (QED) is 0.597. The topological polar surface area (TPSA) is 9.23 Å². The van der Waals surface area contributed by atoms with Crippen molar-refractivity contribution in [2.75, 3.05) is 0 Å². The van der Waals surface area contributed by atoms with Crippen LogP contribution in [0.2, 0.25) is 0 Å². The average Bonchev–Trinajstić information content (AvgIpc) is 2.55. The zero-order chi connectivity index (χ0) is 13.4. The van der Waals surface area contributed by atoms with Crippen molar-refractivity contribution in [3.8, 4) is 5.75 Å². The second-order valence-corrected chi connectivity index (χ2v) is 5.01. The van der Waals surface area contributed by atoms with Gasteiger partial charge in [0.25, 0.3) is 0 Å². The highest BCUT2D eigenvalue weighted by Crippen LogP contribution is 2.38. The Hall–Kier alpha value is -2.54. The number of rotatable bonds is 1. The third-order valence-electron chi connectivity index (χ3n) is 3.73. The van der Waals surface area contributed by atoms with Crippen molar-refractivity contribution in [2.45, 2.75) is 6.10 Å². The molecule has 1 unspecified atom stereocenters. The molecular weight excluding hydrogens is 244 g/mol. The highest BCUT2D eigenvalue weighted by atomic mass is 16.5. The number of hydrogen-bond donors (Lipinski definition) is 0. The van der Waals surface area contributed by atoms with Gasteiger partial charge in [-0.15, -0.1) is 0 Å². The van der Waals surface area contributed by atoms with Crippen LogP contribution in [0.4, 0.5) is 0 Å². The Kier molecular flexibility index (Phi) is 2.56. The van der Waals surface area contributed by atoms with Crippen LogP contribution in [-0.4, -0.2) is 0 Å². The molecule has 1 heteroatoms. The zero-order valence-corrected chi connectivity index (χ0v) is 11.0. The van der Waals surface area contributed by atoms with E-state index in [0.717, 1.165) is 11.3 Å². The molecule has 3 aromatic rings. The van der Waals surface area contributed by atoms with Gasteiger partial charge in [-0.25, -0.2) is 0 Å². The van der Waals surface area contributed by atoms with Gasteiger partial charge >= 0.3 is 0 Å². The van der Waals surface area contributed by atoms with Gasteiger partial charge in [0.05, 0.1) is 0 Å². The lowest BCUT2D eigenvalue weighted by molar-refractivity contribution is 0.255. The van der Waals surface area contributed by atoms with E-state index >= 15 is 0 Å². The molecule has 0 saturated carbocycles.